The minimum atomic E-state index is -0.101. The van der Waals surface area contributed by atoms with E-state index in [1.54, 1.807) is 11.3 Å². The summed E-state index contributed by atoms with van der Waals surface area (Å²) in [5, 5.41) is 7.15. The van der Waals surface area contributed by atoms with E-state index in [0.717, 1.165) is 42.1 Å². The van der Waals surface area contributed by atoms with Crippen LogP contribution in [-0.2, 0) is 16.6 Å². The van der Waals surface area contributed by atoms with Gasteiger partial charge in [-0.1, -0.05) is 33.3 Å². The number of hydrogen-bond donors (Lipinski definition) is 2. The summed E-state index contributed by atoms with van der Waals surface area (Å²) in [6.45, 7) is 7.75. The number of nitrogens with zero attached hydrogens (tertiary/aromatic N) is 1. The molecule has 1 amide bonds. The van der Waals surface area contributed by atoms with Crippen molar-refractivity contribution in [1.29, 1.82) is 0 Å². The Hall–Kier alpha value is -2.12. The molecule has 29 heavy (non-hydrogen) atoms. The van der Waals surface area contributed by atoms with Crippen molar-refractivity contribution < 1.29 is 14.3 Å². The maximum Gasteiger partial charge on any atom is 0.231 e. The van der Waals surface area contributed by atoms with Gasteiger partial charge in [-0.15, -0.1) is 11.3 Å². The van der Waals surface area contributed by atoms with Crippen LogP contribution in [0.5, 0.6) is 11.5 Å². The van der Waals surface area contributed by atoms with E-state index in [2.05, 4.69) is 37.5 Å². The van der Waals surface area contributed by atoms with E-state index in [1.165, 1.54) is 17.7 Å². The molecule has 1 aromatic carbocycles. The number of rotatable bonds is 5. The Morgan fingerprint density at radius 3 is 2.86 bits per heavy atom. The van der Waals surface area contributed by atoms with Gasteiger partial charge in [-0.05, 0) is 37.1 Å². The van der Waals surface area contributed by atoms with Crippen LogP contribution in [0, 0.1) is 0 Å². The smallest absolute Gasteiger partial charge is 0.231 e. The van der Waals surface area contributed by atoms with Gasteiger partial charge < -0.3 is 20.1 Å². The number of anilines is 1. The van der Waals surface area contributed by atoms with Crippen molar-refractivity contribution in [2.75, 3.05) is 18.7 Å². The Morgan fingerprint density at radius 2 is 2.10 bits per heavy atom. The first kappa shape index (κ1) is 20.2. The molecule has 6 nitrogen and oxygen atoms in total. The maximum atomic E-state index is 12.5. The summed E-state index contributed by atoms with van der Waals surface area (Å²) in [6, 6.07) is 6.32. The summed E-state index contributed by atoms with van der Waals surface area (Å²) in [5.41, 5.74) is 2.08. The van der Waals surface area contributed by atoms with E-state index in [1.807, 2.05) is 12.1 Å². The maximum absolute atomic E-state index is 12.5. The Bertz CT molecular complexity index is 882. The van der Waals surface area contributed by atoms with Crippen LogP contribution in [-0.4, -0.2) is 30.3 Å². The van der Waals surface area contributed by atoms with Gasteiger partial charge in [-0.3, -0.25) is 4.79 Å². The van der Waals surface area contributed by atoms with Crippen molar-refractivity contribution in [3.63, 3.8) is 0 Å². The first-order valence-electron chi connectivity index (χ1n) is 10.3. The van der Waals surface area contributed by atoms with Crippen LogP contribution in [0.4, 0.5) is 5.13 Å². The number of nitrogens with one attached hydrogen (secondary N) is 2. The van der Waals surface area contributed by atoms with Crippen molar-refractivity contribution in [2.45, 2.75) is 64.3 Å². The zero-order valence-electron chi connectivity index (χ0n) is 17.3. The lowest BCUT2D eigenvalue weighted by Gasteiger charge is -2.22. The minimum Gasteiger partial charge on any atom is -0.454 e. The highest BCUT2D eigenvalue weighted by Crippen LogP contribution is 2.37. The molecule has 2 aliphatic rings. The zero-order valence-corrected chi connectivity index (χ0v) is 18.2. The van der Waals surface area contributed by atoms with E-state index in [0.29, 0.717) is 11.6 Å². The molecule has 1 unspecified atom stereocenters. The van der Waals surface area contributed by atoms with Gasteiger partial charge in [-0.2, -0.15) is 0 Å². The van der Waals surface area contributed by atoms with Crippen LogP contribution in [0.2, 0.25) is 0 Å². The van der Waals surface area contributed by atoms with E-state index in [-0.39, 0.29) is 24.2 Å². The quantitative estimate of drug-likeness (QED) is 0.765. The molecular formula is C22H29N3O3S. The number of carbonyl (C=O) groups excluding carboxylic acids is 1. The lowest BCUT2D eigenvalue weighted by atomic mass is 9.90. The highest BCUT2D eigenvalue weighted by atomic mass is 32.1. The molecule has 2 aromatic rings. The second kappa shape index (κ2) is 8.32. The Balaban J connectivity index is 1.49. The number of hydrogen-bond acceptors (Lipinski definition) is 6. The Kier molecular flexibility index (Phi) is 5.79. The van der Waals surface area contributed by atoms with Crippen molar-refractivity contribution in [3.8, 4) is 11.5 Å². The monoisotopic (exact) mass is 415 g/mol. The third kappa shape index (κ3) is 4.90. The van der Waals surface area contributed by atoms with Gasteiger partial charge in [0.25, 0.3) is 0 Å². The molecule has 7 heteroatoms. The summed E-state index contributed by atoms with van der Waals surface area (Å²) in [4.78, 5) is 18.5. The lowest BCUT2D eigenvalue weighted by Crippen LogP contribution is -2.36. The number of aromatic nitrogens is 1. The molecule has 1 atom stereocenters. The molecule has 4 rings (SSSR count). The fourth-order valence-electron chi connectivity index (χ4n) is 3.84. The molecule has 3 heterocycles. The third-order valence-corrected chi connectivity index (χ3v) is 6.27. The fourth-order valence-corrected chi connectivity index (χ4v) is 5.06. The van der Waals surface area contributed by atoms with E-state index in [9.17, 15) is 4.79 Å². The molecule has 1 aromatic heterocycles. The van der Waals surface area contributed by atoms with E-state index >= 15 is 0 Å². The third-order valence-electron chi connectivity index (χ3n) is 5.30. The summed E-state index contributed by atoms with van der Waals surface area (Å²) in [7, 11) is 0. The molecule has 1 saturated heterocycles. The Morgan fingerprint density at radius 1 is 1.28 bits per heavy atom. The normalized spacial score (nSPS) is 18.7. The molecule has 156 valence electrons. The number of piperidine rings is 1. The highest BCUT2D eigenvalue weighted by molar-refractivity contribution is 7.15. The summed E-state index contributed by atoms with van der Waals surface area (Å²) in [6.07, 6.45) is 4.70. The molecule has 0 saturated carbocycles. The van der Waals surface area contributed by atoms with Crippen LogP contribution >= 0.6 is 11.3 Å². The lowest BCUT2D eigenvalue weighted by molar-refractivity contribution is -0.116. The average molecular weight is 416 g/mol. The Labute approximate surface area is 176 Å². The zero-order chi connectivity index (χ0) is 20.4. The molecule has 0 spiro atoms. The largest absolute Gasteiger partial charge is 0.454 e. The first-order valence-corrected chi connectivity index (χ1v) is 11.1. The van der Waals surface area contributed by atoms with Gasteiger partial charge >= 0.3 is 0 Å². The van der Waals surface area contributed by atoms with Crippen molar-refractivity contribution in [1.82, 2.24) is 10.3 Å². The van der Waals surface area contributed by atoms with Gasteiger partial charge in [0.1, 0.15) is 0 Å². The van der Waals surface area contributed by atoms with E-state index < -0.39 is 0 Å². The summed E-state index contributed by atoms with van der Waals surface area (Å²) >= 11 is 1.57. The SMILES string of the molecule is CC(C)(C)c1nc(NC(=O)CC2CCCCN2)sc1Cc1ccc2c(c1)OCO2. The molecule has 1 fully saturated rings. The number of benzene rings is 1. The summed E-state index contributed by atoms with van der Waals surface area (Å²) in [5.74, 6) is 1.62. The van der Waals surface area contributed by atoms with Gasteiger partial charge in [0.15, 0.2) is 16.6 Å². The van der Waals surface area contributed by atoms with Crippen molar-refractivity contribution in [3.05, 3.63) is 34.3 Å². The number of fused-ring (bicyclic) bond motifs is 1. The second-order valence-electron chi connectivity index (χ2n) is 8.80. The van der Waals surface area contributed by atoms with Gasteiger partial charge in [0.2, 0.25) is 12.7 Å². The van der Waals surface area contributed by atoms with Gasteiger partial charge in [0.05, 0.1) is 5.69 Å². The second-order valence-corrected chi connectivity index (χ2v) is 9.89. The molecule has 0 radical (unpaired) electrons. The molecule has 0 bridgehead atoms. The molecular weight excluding hydrogens is 386 g/mol. The molecule has 2 aliphatic heterocycles. The topological polar surface area (TPSA) is 72.5 Å². The standard InChI is InChI=1S/C22H29N3O3S/c1-22(2,3)20-18(11-14-7-8-16-17(10-14)28-13-27-16)29-21(25-20)24-19(26)12-15-6-4-5-9-23-15/h7-8,10,15,23H,4-6,9,11-13H2,1-3H3,(H,24,25,26). The van der Waals surface area contributed by atoms with Crippen LogP contribution in [0.15, 0.2) is 18.2 Å². The van der Waals surface area contributed by atoms with Gasteiger partial charge in [-0.25, -0.2) is 4.98 Å². The van der Waals surface area contributed by atoms with Crippen LogP contribution in [0.25, 0.3) is 0 Å². The molecule has 0 aliphatic carbocycles. The van der Waals surface area contributed by atoms with Crippen molar-refractivity contribution in [2.24, 2.45) is 0 Å². The van der Waals surface area contributed by atoms with Gasteiger partial charge in [0, 0.05) is 29.2 Å². The minimum absolute atomic E-state index is 0.0354. The number of carbonyl (C=O) groups is 1. The number of thiazole rings is 1. The first-order chi connectivity index (χ1) is 13.9. The average Bonchev–Trinajstić information content (AvgIpc) is 3.28. The van der Waals surface area contributed by atoms with Crippen LogP contribution in [0.3, 0.4) is 0 Å². The fraction of sp³-hybridized carbons (Fsp3) is 0.545. The van der Waals surface area contributed by atoms with Crippen LogP contribution in [0.1, 0.15) is 62.6 Å². The molecule has 2 N–H and O–H groups in total. The van der Waals surface area contributed by atoms with Crippen molar-refractivity contribution >= 4 is 22.4 Å². The number of ether oxygens (including phenoxy) is 2. The highest BCUT2D eigenvalue weighted by Gasteiger charge is 2.25. The van der Waals surface area contributed by atoms with Crippen LogP contribution < -0.4 is 20.1 Å². The summed E-state index contributed by atoms with van der Waals surface area (Å²) < 4.78 is 10.9. The predicted octanol–water partition coefficient (Wildman–Crippen LogP) is 4.23. The number of amides is 1. The predicted molar refractivity (Wildman–Crippen MR) is 115 cm³/mol. The van der Waals surface area contributed by atoms with E-state index in [4.69, 9.17) is 14.5 Å².